The normalized spacial score (nSPS) is 21.5. The topological polar surface area (TPSA) is 56.8 Å². The summed E-state index contributed by atoms with van der Waals surface area (Å²) in [6.07, 6.45) is 3.75. The largest absolute Gasteiger partial charge is 0.354 e. The van der Waals surface area contributed by atoms with Crippen LogP contribution in [0.4, 0.5) is 5.82 Å². The number of sulfonamides is 1. The maximum absolute atomic E-state index is 12.9. The molecule has 0 saturated carbocycles. The number of rotatable bonds is 5. The highest BCUT2D eigenvalue weighted by Crippen LogP contribution is 2.28. The van der Waals surface area contributed by atoms with E-state index in [2.05, 4.69) is 40.8 Å². The summed E-state index contributed by atoms with van der Waals surface area (Å²) in [5.74, 6) is 1.00. The summed E-state index contributed by atoms with van der Waals surface area (Å²) in [5, 5.41) is 0. The van der Waals surface area contributed by atoms with Gasteiger partial charge in [0.15, 0.2) is 0 Å². The summed E-state index contributed by atoms with van der Waals surface area (Å²) in [6, 6.07) is 12.0. The smallest absolute Gasteiger partial charge is 0.243 e. The molecular weight excluding hydrogens is 396 g/mol. The van der Waals surface area contributed by atoms with Gasteiger partial charge >= 0.3 is 0 Å². The van der Waals surface area contributed by atoms with Crippen LogP contribution in [0.3, 0.4) is 0 Å². The third-order valence-electron chi connectivity index (χ3n) is 6.40. The minimum absolute atomic E-state index is 0.0776. The molecule has 2 saturated heterocycles. The number of piperazine rings is 1. The van der Waals surface area contributed by atoms with Gasteiger partial charge < -0.3 is 4.90 Å². The zero-order chi connectivity index (χ0) is 21.3. The lowest BCUT2D eigenvalue weighted by Gasteiger charge is -2.37. The van der Waals surface area contributed by atoms with Gasteiger partial charge in [-0.15, -0.1) is 0 Å². The zero-order valence-electron chi connectivity index (χ0n) is 18.2. The van der Waals surface area contributed by atoms with E-state index >= 15 is 0 Å². The molecule has 0 N–H and O–H groups in total. The Hall–Kier alpha value is -1.96. The highest BCUT2D eigenvalue weighted by atomic mass is 32.2. The van der Waals surface area contributed by atoms with Crippen LogP contribution >= 0.6 is 0 Å². The Balaban J connectivity index is 1.45. The Morgan fingerprint density at radius 3 is 2.13 bits per heavy atom. The van der Waals surface area contributed by atoms with Gasteiger partial charge in [0.2, 0.25) is 10.0 Å². The van der Waals surface area contributed by atoms with Gasteiger partial charge in [0.05, 0.1) is 4.90 Å². The first-order valence-electron chi connectivity index (χ1n) is 10.9. The lowest BCUT2D eigenvalue weighted by Crippen LogP contribution is -2.49. The number of pyridine rings is 1. The molecule has 1 aromatic heterocycles. The SMILES string of the molecule is CC(C)N1CCN(c2ccc(-c3ccc(S(=O)(=O)N4CCCC4C)cc3)cn2)CC1. The highest BCUT2D eigenvalue weighted by molar-refractivity contribution is 7.89. The molecule has 1 aromatic carbocycles. The summed E-state index contributed by atoms with van der Waals surface area (Å²) in [7, 11) is -3.41. The Bertz CT molecular complexity index is 950. The molecule has 1 atom stereocenters. The molecule has 0 radical (unpaired) electrons. The maximum atomic E-state index is 12.9. The summed E-state index contributed by atoms with van der Waals surface area (Å²) >= 11 is 0. The lowest BCUT2D eigenvalue weighted by molar-refractivity contribution is 0.209. The summed E-state index contributed by atoms with van der Waals surface area (Å²) in [4.78, 5) is 9.86. The van der Waals surface area contributed by atoms with Crippen molar-refractivity contribution in [2.75, 3.05) is 37.6 Å². The molecule has 2 aliphatic rings. The van der Waals surface area contributed by atoms with E-state index in [0.29, 0.717) is 17.5 Å². The van der Waals surface area contributed by atoms with Gasteiger partial charge in [0.1, 0.15) is 5.82 Å². The molecule has 1 unspecified atom stereocenters. The number of anilines is 1. The minimum Gasteiger partial charge on any atom is -0.354 e. The Morgan fingerprint density at radius 2 is 1.60 bits per heavy atom. The van der Waals surface area contributed by atoms with E-state index in [1.807, 2.05) is 25.3 Å². The summed E-state index contributed by atoms with van der Waals surface area (Å²) < 4.78 is 27.4. The van der Waals surface area contributed by atoms with Crippen LogP contribution in [0.15, 0.2) is 47.5 Å². The summed E-state index contributed by atoms with van der Waals surface area (Å²) in [5.41, 5.74) is 1.98. The molecule has 2 aliphatic heterocycles. The van der Waals surface area contributed by atoms with Crippen LogP contribution < -0.4 is 4.90 Å². The van der Waals surface area contributed by atoms with Crippen LogP contribution in [0.1, 0.15) is 33.6 Å². The van der Waals surface area contributed by atoms with Gasteiger partial charge in [0, 0.05) is 56.6 Å². The third-order valence-corrected chi connectivity index (χ3v) is 8.43. The quantitative estimate of drug-likeness (QED) is 0.730. The third kappa shape index (κ3) is 4.24. The predicted molar refractivity (Wildman–Crippen MR) is 121 cm³/mol. The number of nitrogens with zero attached hydrogens (tertiary/aromatic N) is 4. The predicted octanol–water partition coefficient (Wildman–Crippen LogP) is 3.45. The second-order valence-electron chi connectivity index (χ2n) is 8.65. The van der Waals surface area contributed by atoms with Crippen molar-refractivity contribution in [2.24, 2.45) is 0 Å². The Morgan fingerprint density at radius 1 is 0.933 bits per heavy atom. The van der Waals surface area contributed by atoms with Crippen molar-refractivity contribution in [1.82, 2.24) is 14.2 Å². The molecule has 30 heavy (non-hydrogen) atoms. The second kappa shape index (κ2) is 8.65. The first kappa shape index (κ1) is 21.3. The fourth-order valence-electron chi connectivity index (χ4n) is 4.43. The van der Waals surface area contributed by atoms with E-state index in [1.165, 1.54) is 0 Å². The van der Waals surface area contributed by atoms with Crippen molar-refractivity contribution < 1.29 is 8.42 Å². The monoisotopic (exact) mass is 428 g/mol. The van der Waals surface area contributed by atoms with Gasteiger partial charge in [0.25, 0.3) is 0 Å². The van der Waals surface area contributed by atoms with Crippen LogP contribution in [0, 0.1) is 0 Å². The minimum atomic E-state index is -3.41. The number of benzene rings is 1. The van der Waals surface area contributed by atoms with Gasteiger partial charge in [-0.2, -0.15) is 4.31 Å². The Labute approximate surface area is 180 Å². The Kier molecular flexibility index (Phi) is 6.14. The van der Waals surface area contributed by atoms with E-state index in [-0.39, 0.29) is 6.04 Å². The van der Waals surface area contributed by atoms with Crippen molar-refractivity contribution in [3.8, 4) is 11.1 Å². The average Bonchev–Trinajstić information content (AvgIpc) is 3.21. The van der Waals surface area contributed by atoms with E-state index in [0.717, 1.165) is 56.0 Å². The van der Waals surface area contributed by atoms with Crippen LogP contribution in [-0.4, -0.2) is 67.4 Å². The molecule has 162 valence electrons. The van der Waals surface area contributed by atoms with Crippen LogP contribution in [0.5, 0.6) is 0 Å². The van der Waals surface area contributed by atoms with Crippen molar-refractivity contribution in [2.45, 2.75) is 50.6 Å². The average molecular weight is 429 g/mol. The van der Waals surface area contributed by atoms with Crippen molar-refractivity contribution in [1.29, 1.82) is 0 Å². The summed E-state index contributed by atoms with van der Waals surface area (Å²) in [6.45, 7) is 11.2. The van der Waals surface area contributed by atoms with Crippen molar-refractivity contribution in [3.63, 3.8) is 0 Å². The van der Waals surface area contributed by atoms with E-state index in [4.69, 9.17) is 0 Å². The molecule has 0 spiro atoms. The highest BCUT2D eigenvalue weighted by Gasteiger charge is 2.32. The van der Waals surface area contributed by atoms with Crippen molar-refractivity contribution >= 4 is 15.8 Å². The van der Waals surface area contributed by atoms with Gasteiger partial charge in [-0.25, -0.2) is 13.4 Å². The zero-order valence-corrected chi connectivity index (χ0v) is 19.0. The van der Waals surface area contributed by atoms with Crippen LogP contribution in [0.25, 0.3) is 11.1 Å². The van der Waals surface area contributed by atoms with E-state index in [9.17, 15) is 8.42 Å². The van der Waals surface area contributed by atoms with Crippen LogP contribution in [0.2, 0.25) is 0 Å². The maximum Gasteiger partial charge on any atom is 0.243 e. The number of hydrogen-bond donors (Lipinski definition) is 0. The first-order chi connectivity index (χ1) is 14.4. The van der Waals surface area contributed by atoms with E-state index in [1.54, 1.807) is 16.4 Å². The molecule has 2 fully saturated rings. The molecule has 7 heteroatoms. The molecule has 2 aromatic rings. The molecule has 0 amide bonds. The molecular formula is C23H32N4O2S. The second-order valence-corrected chi connectivity index (χ2v) is 10.5. The standard InChI is InChI=1S/C23H32N4O2S/c1-18(2)25-13-15-26(16-14-25)23-11-8-21(17-24-23)20-6-9-22(10-7-20)30(28,29)27-12-4-5-19(27)3/h6-11,17-19H,4-5,12-16H2,1-3H3. The van der Waals surface area contributed by atoms with Gasteiger partial charge in [-0.3, -0.25) is 4.90 Å². The van der Waals surface area contributed by atoms with Crippen molar-refractivity contribution in [3.05, 3.63) is 42.6 Å². The molecule has 4 rings (SSSR count). The van der Waals surface area contributed by atoms with E-state index < -0.39 is 10.0 Å². The fraction of sp³-hybridized carbons (Fsp3) is 0.522. The fourth-order valence-corrected chi connectivity index (χ4v) is 6.13. The molecule has 0 bridgehead atoms. The number of aromatic nitrogens is 1. The number of hydrogen-bond acceptors (Lipinski definition) is 5. The lowest BCUT2D eigenvalue weighted by atomic mass is 10.1. The first-order valence-corrected chi connectivity index (χ1v) is 12.4. The van der Waals surface area contributed by atoms with Gasteiger partial charge in [-0.05, 0) is 63.4 Å². The van der Waals surface area contributed by atoms with Crippen LogP contribution in [-0.2, 0) is 10.0 Å². The molecule has 3 heterocycles. The van der Waals surface area contributed by atoms with Gasteiger partial charge in [-0.1, -0.05) is 12.1 Å². The molecule has 6 nitrogen and oxygen atoms in total. The molecule has 0 aliphatic carbocycles.